The lowest BCUT2D eigenvalue weighted by Crippen LogP contribution is -2.38. The van der Waals surface area contributed by atoms with E-state index in [1.807, 2.05) is 18.2 Å². The van der Waals surface area contributed by atoms with E-state index in [-0.39, 0.29) is 12.1 Å². The van der Waals surface area contributed by atoms with Crippen LogP contribution in [-0.2, 0) is 27.3 Å². The number of hydrogen-bond acceptors (Lipinski definition) is 6. The second-order valence-corrected chi connectivity index (χ2v) is 11.2. The molecule has 0 spiro atoms. The molecule has 0 N–H and O–H groups in total. The average molecular weight is 541 g/mol. The number of benzene rings is 2. The maximum absolute atomic E-state index is 11.4. The van der Waals surface area contributed by atoms with Crippen molar-refractivity contribution in [1.82, 2.24) is 5.16 Å². The van der Waals surface area contributed by atoms with E-state index in [9.17, 15) is 4.79 Å². The van der Waals surface area contributed by atoms with Gasteiger partial charge in [0, 0.05) is 47.7 Å². The molecule has 0 radical (unpaired) electrons. The van der Waals surface area contributed by atoms with Crippen LogP contribution in [0.3, 0.4) is 0 Å². The van der Waals surface area contributed by atoms with Gasteiger partial charge in [-0.15, -0.1) is 0 Å². The molecule has 2 aromatic carbocycles. The fraction of sp³-hybridized carbons (Fsp3) is 0.448. The number of carbonyl (C=O) groups excluding carboxylic acids is 1. The summed E-state index contributed by atoms with van der Waals surface area (Å²) >= 11 is 13.0. The SMILES string of the molecule is COC(=O)CCc1ccc(N2C[C@@H]3C[C@H]2C[C@@H]3OCc2c(-c3c(Cl)cccc3Cl)noc2C2CC2)cc1. The molecular weight excluding hydrogens is 511 g/mol. The Hall–Kier alpha value is -2.54. The zero-order valence-electron chi connectivity index (χ0n) is 20.8. The first kappa shape index (κ1) is 24.8. The van der Waals surface area contributed by atoms with Gasteiger partial charge in [0.2, 0.25) is 0 Å². The van der Waals surface area contributed by atoms with Crippen molar-refractivity contribution in [3.8, 4) is 11.3 Å². The molecule has 2 aliphatic carbocycles. The van der Waals surface area contributed by atoms with E-state index in [0.717, 1.165) is 49.1 Å². The van der Waals surface area contributed by atoms with E-state index in [2.05, 4.69) is 34.3 Å². The van der Waals surface area contributed by atoms with E-state index < -0.39 is 0 Å². The monoisotopic (exact) mass is 540 g/mol. The Morgan fingerprint density at radius 1 is 1.11 bits per heavy atom. The summed E-state index contributed by atoms with van der Waals surface area (Å²) in [5.41, 5.74) is 4.79. The van der Waals surface area contributed by atoms with E-state index in [1.165, 1.54) is 12.8 Å². The van der Waals surface area contributed by atoms with Crippen molar-refractivity contribution in [3.05, 3.63) is 69.4 Å². The Bertz CT molecular complexity index is 1270. The van der Waals surface area contributed by atoms with Gasteiger partial charge in [-0.3, -0.25) is 4.79 Å². The number of rotatable bonds is 9. The minimum absolute atomic E-state index is 0.176. The number of aromatic nitrogens is 1. The fourth-order valence-electron chi connectivity index (χ4n) is 5.87. The van der Waals surface area contributed by atoms with E-state index in [4.69, 9.17) is 37.2 Å². The molecule has 8 heteroatoms. The zero-order valence-corrected chi connectivity index (χ0v) is 22.3. The summed E-state index contributed by atoms with van der Waals surface area (Å²) in [6, 6.07) is 14.5. The summed E-state index contributed by atoms with van der Waals surface area (Å²) in [4.78, 5) is 13.9. The maximum atomic E-state index is 11.4. The highest BCUT2D eigenvalue weighted by Gasteiger charge is 2.45. The molecule has 1 aromatic heterocycles. The van der Waals surface area contributed by atoms with Gasteiger partial charge in [-0.2, -0.15) is 0 Å². The van der Waals surface area contributed by atoms with Crippen LogP contribution in [0.2, 0.25) is 10.0 Å². The molecule has 2 bridgehead atoms. The van der Waals surface area contributed by atoms with Gasteiger partial charge in [0.15, 0.2) is 0 Å². The predicted molar refractivity (Wildman–Crippen MR) is 143 cm³/mol. The lowest BCUT2D eigenvalue weighted by atomic mass is 10.0. The lowest BCUT2D eigenvalue weighted by molar-refractivity contribution is -0.140. The van der Waals surface area contributed by atoms with Gasteiger partial charge in [0.1, 0.15) is 11.5 Å². The number of anilines is 1. The second-order valence-electron chi connectivity index (χ2n) is 10.4. The van der Waals surface area contributed by atoms with Crippen LogP contribution in [0.4, 0.5) is 5.69 Å². The quantitative estimate of drug-likeness (QED) is 0.277. The van der Waals surface area contributed by atoms with Crippen LogP contribution < -0.4 is 4.90 Å². The number of ether oxygens (including phenoxy) is 2. The maximum Gasteiger partial charge on any atom is 0.305 e. The first-order valence-electron chi connectivity index (χ1n) is 13.0. The molecule has 3 atom stereocenters. The minimum atomic E-state index is -0.176. The highest BCUT2D eigenvalue weighted by atomic mass is 35.5. The molecular formula is C29H30Cl2N2O4. The number of aryl methyl sites for hydroxylation is 1. The molecule has 2 heterocycles. The van der Waals surface area contributed by atoms with Crippen molar-refractivity contribution in [2.75, 3.05) is 18.6 Å². The molecule has 1 aliphatic heterocycles. The largest absolute Gasteiger partial charge is 0.469 e. The third-order valence-electron chi connectivity index (χ3n) is 8.00. The van der Waals surface area contributed by atoms with Gasteiger partial charge in [0.25, 0.3) is 0 Å². The van der Waals surface area contributed by atoms with Gasteiger partial charge in [0.05, 0.1) is 29.9 Å². The van der Waals surface area contributed by atoms with E-state index in [1.54, 1.807) is 0 Å². The number of esters is 1. The van der Waals surface area contributed by atoms with Crippen LogP contribution in [0.1, 0.15) is 54.9 Å². The number of hydrogen-bond donors (Lipinski definition) is 0. The van der Waals surface area contributed by atoms with Crippen LogP contribution in [0.15, 0.2) is 47.0 Å². The van der Waals surface area contributed by atoms with E-state index in [0.29, 0.717) is 58.6 Å². The Kier molecular flexibility index (Phi) is 6.91. The first-order chi connectivity index (χ1) is 18.0. The van der Waals surface area contributed by atoms with Crippen LogP contribution in [0, 0.1) is 5.92 Å². The minimum Gasteiger partial charge on any atom is -0.469 e. The number of methoxy groups -OCH3 is 1. The number of halogens is 2. The number of carbonyl (C=O) groups is 1. The summed E-state index contributed by atoms with van der Waals surface area (Å²) in [5, 5.41) is 5.52. The summed E-state index contributed by atoms with van der Waals surface area (Å²) in [5.74, 6) is 1.64. The molecule has 1 saturated heterocycles. The summed E-state index contributed by atoms with van der Waals surface area (Å²) < 4.78 is 17.1. The summed E-state index contributed by atoms with van der Waals surface area (Å²) in [6.07, 6.45) is 5.67. The van der Waals surface area contributed by atoms with Crippen molar-refractivity contribution >= 4 is 34.9 Å². The third-order valence-corrected chi connectivity index (χ3v) is 8.63. The normalized spacial score (nSPS) is 22.6. The lowest BCUT2D eigenvalue weighted by Gasteiger charge is -2.33. The van der Waals surface area contributed by atoms with Crippen LogP contribution in [-0.4, -0.2) is 36.9 Å². The van der Waals surface area contributed by atoms with Crippen molar-refractivity contribution < 1.29 is 18.8 Å². The Balaban J connectivity index is 1.11. The fourth-order valence-corrected chi connectivity index (χ4v) is 6.44. The molecule has 6 rings (SSSR count). The van der Waals surface area contributed by atoms with Crippen LogP contribution >= 0.6 is 23.2 Å². The summed E-state index contributed by atoms with van der Waals surface area (Å²) in [6.45, 7) is 1.44. The Morgan fingerprint density at radius 3 is 2.51 bits per heavy atom. The highest BCUT2D eigenvalue weighted by molar-refractivity contribution is 6.39. The molecule has 194 valence electrons. The standard InChI is InChI=1S/C29H30Cl2N2O4/c1-35-26(34)12-7-17-5-10-20(11-6-17)33-15-19-13-21(33)14-25(19)36-16-22-28(32-37-29(22)18-8-9-18)27-23(30)3-2-4-24(27)31/h2-6,10-11,18-19,21,25H,7-9,12-16H2,1H3/t19-,21-,25-/m0/s1. The third kappa shape index (κ3) is 4.99. The van der Waals surface area contributed by atoms with Gasteiger partial charge >= 0.3 is 5.97 Å². The molecule has 37 heavy (non-hydrogen) atoms. The molecule has 6 nitrogen and oxygen atoms in total. The van der Waals surface area contributed by atoms with Crippen molar-refractivity contribution in [2.45, 2.75) is 63.2 Å². The molecule has 3 fully saturated rings. The smallest absolute Gasteiger partial charge is 0.305 e. The first-order valence-corrected chi connectivity index (χ1v) is 13.7. The van der Waals surface area contributed by atoms with Gasteiger partial charge in [-0.1, -0.05) is 46.6 Å². The second kappa shape index (κ2) is 10.3. The number of fused-ring (bicyclic) bond motifs is 2. The van der Waals surface area contributed by atoms with Gasteiger partial charge < -0.3 is 18.9 Å². The van der Waals surface area contributed by atoms with Gasteiger partial charge in [-0.25, -0.2) is 0 Å². The molecule has 3 aromatic rings. The topological polar surface area (TPSA) is 64.8 Å². The average Bonchev–Trinajstić information content (AvgIpc) is 3.36. The van der Waals surface area contributed by atoms with Crippen LogP contribution in [0.5, 0.6) is 0 Å². The van der Waals surface area contributed by atoms with Crippen molar-refractivity contribution in [3.63, 3.8) is 0 Å². The zero-order chi connectivity index (χ0) is 25.5. The summed E-state index contributed by atoms with van der Waals surface area (Å²) in [7, 11) is 1.43. The molecule has 0 unspecified atom stereocenters. The van der Waals surface area contributed by atoms with Crippen LogP contribution in [0.25, 0.3) is 11.3 Å². The Labute approximate surface area is 226 Å². The predicted octanol–water partition coefficient (Wildman–Crippen LogP) is 6.82. The molecule has 0 amide bonds. The number of piperidine rings is 1. The molecule has 2 saturated carbocycles. The van der Waals surface area contributed by atoms with Crippen molar-refractivity contribution in [1.29, 1.82) is 0 Å². The molecule has 3 aliphatic rings. The van der Waals surface area contributed by atoms with Gasteiger partial charge in [-0.05, 0) is 61.9 Å². The number of nitrogens with zero attached hydrogens (tertiary/aromatic N) is 2. The Morgan fingerprint density at radius 2 is 1.86 bits per heavy atom. The van der Waals surface area contributed by atoms with E-state index >= 15 is 0 Å². The highest BCUT2D eigenvalue weighted by Crippen LogP contribution is 2.47. The van der Waals surface area contributed by atoms with Crippen molar-refractivity contribution in [2.24, 2.45) is 5.92 Å².